The second-order valence-electron chi connectivity index (χ2n) is 6.13. The molecule has 2 rings (SSSR count). The van der Waals surface area contributed by atoms with Crippen LogP contribution in [-0.2, 0) is 17.6 Å². The molecule has 1 unspecified atom stereocenters. The Labute approximate surface area is 133 Å². The lowest BCUT2D eigenvalue weighted by molar-refractivity contribution is -0.131. The van der Waals surface area contributed by atoms with Crippen LogP contribution in [0.2, 0.25) is 0 Å². The first-order valence-corrected chi connectivity index (χ1v) is 8.40. The summed E-state index contributed by atoms with van der Waals surface area (Å²) in [7, 11) is 0. The van der Waals surface area contributed by atoms with E-state index >= 15 is 0 Å². The van der Waals surface area contributed by atoms with E-state index in [1.54, 1.807) is 6.08 Å². The molecule has 1 aromatic rings. The van der Waals surface area contributed by atoms with Gasteiger partial charge in [-0.05, 0) is 68.0 Å². The van der Waals surface area contributed by atoms with E-state index in [0.717, 1.165) is 18.4 Å². The van der Waals surface area contributed by atoms with Crippen LogP contribution < -0.4 is 0 Å². The zero-order chi connectivity index (χ0) is 15.9. The van der Waals surface area contributed by atoms with Gasteiger partial charge in [0.1, 0.15) is 0 Å². The van der Waals surface area contributed by atoms with Gasteiger partial charge < -0.3 is 10.0 Å². The quantitative estimate of drug-likeness (QED) is 0.780. The normalized spacial score (nSPS) is 17.9. The fraction of sp³-hybridized carbons (Fsp3) is 0.526. The van der Waals surface area contributed by atoms with Gasteiger partial charge in [-0.3, -0.25) is 0 Å². The summed E-state index contributed by atoms with van der Waals surface area (Å²) >= 11 is 0. The van der Waals surface area contributed by atoms with Crippen molar-refractivity contribution in [3.8, 4) is 0 Å². The Balaban J connectivity index is 2.09. The summed E-state index contributed by atoms with van der Waals surface area (Å²) in [5.41, 5.74) is 3.80. The van der Waals surface area contributed by atoms with Crippen molar-refractivity contribution >= 4 is 12.0 Å². The highest BCUT2D eigenvalue weighted by Crippen LogP contribution is 2.26. The highest BCUT2D eigenvalue weighted by Gasteiger charge is 2.23. The Morgan fingerprint density at radius 2 is 2.00 bits per heavy atom. The Bertz CT molecular complexity index is 530. The third kappa shape index (κ3) is 4.44. The standard InChI is InChI=1S/C19H27NO2/c1-3-11-20(12-4-2)18-9-8-16-13-15(6-10-19(21)22)5-7-17(16)14-18/h5-7,10,13,18H,3-4,8-9,11-12,14H2,1-2H3,(H,21,22)/b10-6+. The van der Waals surface area contributed by atoms with E-state index in [4.69, 9.17) is 5.11 Å². The Morgan fingerprint density at radius 1 is 1.27 bits per heavy atom. The largest absolute Gasteiger partial charge is 0.478 e. The fourth-order valence-electron chi connectivity index (χ4n) is 3.39. The molecular formula is C19H27NO2. The monoisotopic (exact) mass is 301 g/mol. The van der Waals surface area contributed by atoms with Gasteiger partial charge in [0.25, 0.3) is 0 Å². The summed E-state index contributed by atoms with van der Waals surface area (Å²) in [6.07, 6.45) is 8.73. The van der Waals surface area contributed by atoms with Crippen molar-refractivity contribution in [1.82, 2.24) is 4.90 Å². The molecule has 1 aromatic carbocycles. The van der Waals surface area contributed by atoms with Crippen LogP contribution in [-0.4, -0.2) is 35.1 Å². The van der Waals surface area contributed by atoms with E-state index in [2.05, 4.69) is 30.9 Å². The topological polar surface area (TPSA) is 40.5 Å². The predicted molar refractivity (Wildman–Crippen MR) is 91.1 cm³/mol. The van der Waals surface area contributed by atoms with Crippen molar-refractivity contribution in [1.29, 1.82) is 0 Å². The molecule has 1 N–H and O–H groups in total. The third-order valence-electron chi connectivity index (χ3n) is 4.39. The van der Waals surface area contributed by atoms with Crippen molar-refractivity contribution in [2.75, 3.05) is 13.1 Å². The Kier molecular flexibility index (Phi) is 6.20. The summed E-state index contributed by atoms with van der Waals surface area (Å²) in [5, 5.41) is 8.72. The molecule has 1 aliphatic rings. The second kappa shape index (κ2) is 8.14. The van der Waals surface area contributed by atoms with Crippen LogP contribution in [0.15, 0.2) is 24.3 Å². The molecule has 1 aliphatic carbocycles. The van der Waals surface area contributed by atoms with E-state index in [1.165, 1.54) is 49.6 Å². The first-order valence-electron chi connectivity index (χ1n) is 8.40. The molecule has 0 saturated heterocycles. The lowest BCUT2D eigenvalue weighted by Gasteiger charge is -2.35. The van der Waals surface area contributed by atoms with Crippen LogP contribution in [0.25, 0.3) is 6.08 Å². The van der Waals surface area contributed by atoms with Crippen molar-refractivity contribution in [3.63, 3.8) is 0 Å². The number of hydrogen-bond donors (Lipinski definition) is 1. The molecule has 22 heavy (non-hydrogen) atoms. The van der Waals surface area contributed by atoms with Gasteiger partial charge in [0, 0.05) is 12.1 Å². The zero-order valence-electron chi connectivity index (χ0n) is 13.7. The molecule has 0 saturated carbocycles. The molecule has 0 amide bonds. The molecule has 0 aliphatic heterocycles. The Hall–Kier alpha value is -1.61. The van der Waals surface area contributed by atoms with E-state index < -0.39 is 5.97 Å². The van der Waals surface area contributed by atoms with Gasteiger partial charge in [-0.15, -0.1) is 0 Å². The van der Waals surface area contributed by atoms with Gasteiger partial charge in [0.05, 0.1) is 0 Å². The number of carboxylic acids is 1. The fourth-order valence-corrected chi connectivity index (χ4v) is 3.39. The molecule has 120 valence electrons. The van der Waals surface area contributed by atoms with Crippen LogP contribution >= 0.6 is 0 Å². The molecule has 0 bridgehead atoms. The van der Waals surface area contributed by atoms with Crippen LogP contribution in [0.4, 0.5) is 0 Å². The van der Waals surface area contributed by atoms with Crippen LogP contribution in [0.1, 0.15) is 49.8 Å². The maximum atomic E-state index is 10.6. The van der Waals surface area contributed by atoms with Crippen molar-refractivity contribution in [3.05, 3.63) is 41.0 Å². The number of nitrogens with zero attached hydrogens (tertiary/aromatic N) is 1. The number of aryl methyl sites for hydroxylation is 1. The van der Waals surface area contributed by atoms with E-state index in [1.807, 2.05) is 6.07 Å². The van der Waals surface area contributed by atoms with Gasteiger partial charge in [-0.1, -0.05) is 32.0 Å². The first kappa shape index (κ1) is 16.8. The summed E-state index contributed by atoms with van der Waals surface area (Å²) in [5.74, 6) is -0.896. The maximum absolute atomic E-state index is 10.6. The highest BCUT2D eigenvalue weighted by molar-refractivity contribution is 5.85. The van der Waals surface area contributed by atoms with E-state index in [9.17, 15) is 4.79 Å². The number of benzene rings is 1. The lowest BCUT2D eigenvalue weighted by atomic mass is 9.86. The van der Waals surface area contributed by atoms with Gasteiger partial charge in [0.15, 0.2) is 0 Å². The molecule has 0 heterocycles. The SMILES string of the molecule is CCCN(CCC)C1CCc2cc(/C=C/C(=O)O)ccc2C1. The summed E-state index contributed by atoms with van der Waals surface area (Å²) in [6.45, 7) is 6.88. The predicted octanol–water partition coefficient (Wildman–Crippen LogP) is 3.76. The number of aliphatic carboxylic acids is 1. The summed E-state index contributed by atoms with van der Waals surface area (Å²) < 4.78 is 0. The minimum Gasteiger partial charge on any atom is -0.478 e. The van der Waals surface area contributed by atoms with Gasteiger partial charge >= 0.3 is 5.97 Å². The number of hydrogen-bond acceptors (Lipinski definition) is 2. The first-order chi connectivity index (χ1) is 10.6. The molecule has 0 radical (unpaired) electrons. The molecule has 3 heteroatoms. The van der Waals surface area contributed by atoms with Gasteiger partial charge in [-0.25, -0.2) is 4.79 Å². The molecule has 0 aromatic heterocycles. The minimum absolute atomic E-state index is 0.660. The van der Waals surface area contributed by atoms with Crippen molar-refractivity contribution in [2.45, 2.75) is 52.0 Å². The highest BCUT2D eigenvalue weighted by atomic mass is 16.4. The van der Waals surface area contributed by atoms with Crippen molar-refractivity contribution < 1.29 is 9.90 Å². The van der Waals surface area contributed by atoms with Crippen molar-refractivity contribution in [2.24, 2.45) is 0 Å². The van der Waals surface area contributed by atoms with E-state index in [0.29, 0.717) is 6.04 Å². The minimum atomic E-state index is -0.896. The number of carboxylic acid groups (broad SMARTS) is 1. The molecule has 3 nitrogen and oxygen atoms in total. The average molecular weight is 301 g/mol. The third-order valence-corrected chi connectivity index (χ3v) is 4.39. The molecular weight excluding hydrogens is 274 g/mol. The van der Waals surface area contributed by atoms with Crippen LogP contribution in [0, 0.1) is 0 Å². The van der Waals surface area contributed by atoms with Gasteiger partial charge in [0.2, 0.25) is 0 Å². The average Bonchev–Trinajstić information content (AvgIpc) is 2.52. The number of rotatable bonds is 7. The second-order valence-corrected chi connectivity index (χ2v) is 6.13. The molecule has 1 atom stereocenters. The van der Waals surface area contributed by atoms with E-state index in [-0.39, 0.29) is 0 Å². The summed E-state index contributed by atoms with van der Waals surface area (Å²) in [4.78, 5) is 13.3. The molecule has 0 spiro atoms. The zero-order valence-corrected chi connectivity index (χ0v) is 13.7. The smallest absolute Gasteiger partial charge is 0.328 e. The maximum Gasteiger partial charge on any atom is 0.328 e. The molecule has 0 fully saturated rings. The van der Waals surface area contributed by atoms with Gasteiger partial charge in [-0.2, -0.15) is 0 Å². The summed E-state index contributed by atoms with van der Waals surface area (Å²) in [6, 6.07) is 7.02. The number of fused-ring (bicyclic) bond motifs is 1. The van der Waals surface area contributed by atoms with Crippen LogP contribution in [0.5, 0.6) is 0 Å². The number of carbonyl (C=O) groups is 1. The van der Waals surface area contributed by atoms with Crippen LogP contribution in [0.3, 0.4) is 0 Å². The lowest BCUT2D eigenvalue weighted by Crippen LogP contribution is -2.40. The Morgan fingerprint density at radius 3 is 2.64 bits per heavy atom.